The van der Waals surface area contributed by atoms with E-state index >= 15 is 0 Å². The molecule has 0 aliphatic heterocycles. The summed E-state index contributed by atoms with van der Waals surface area (Å²) in [6, 6.07) is 18.2. The average Bonchev–Trinajstić information content (AvgIpc) is 3.07. The number of carbonyl (C=O) groups is 1. The summed E-state index contributed by atoms with van der Waals surface area (Å²) in [4.78, 5) is 14.2. The quantitative estimate of drug-likeness (QED) is 0.817. The summed E-state index contributed by atoms with van der Waals surface area (Å²) < 4.78 is 0. The van der Waals surface area contributed by atoms with Gasteiger partial charge in [0.2, 0.25) is 5.91 Å². The summed E-state index contributed by atoms with van der Waals surface area (Å²) in [5.41, 5.74) is 1.70. The van der Waals surface area contributed by atoms with Crippen LogP contribution in [0.25, 0.3) is 0 Å². The van der Waals surface area contributed by atoms with Crippen LogP contribution in [0.3, 0.4) is 0 Å². The summed E-state index contributed by atoms with van der Waals surface area (Å²) >= 11 is 1.66. The van der Waals surface area contributed by atoms with Gasteiger partial charge >= 0.3 is 0 Å². The van der Waals surface area contributed by atoms with Crippen LogP contribution in [-0.4, -0.2) is 12.2 Å². The van der Waals surface area contributed by atoms with Gasteiger partial charge < -0.3 is 5.32 Å². The number of benzene rings is 2. The minimum atomic E-state index is -0.368. The van der Waals surface area contributed by atoms with Gasteiger partial charge in [-0.1, -0.05) is 55.3 Å². The Kier molecular flexibility index (Phi) is 4.53. The van der Waals surface area contributed by atoms with E-state index in [1.807, 2.05) is 48.7 Å². The first-order valence-electron chi connectivity index (χ1n) is 7.76. The van der Waals surface area contributed by atoms with Crippen molar-refractivity contribution in [2.75, 3.05) is 11.6 Å². The molecule has 1 aliphatic carbocycles. The number of nitrogens with one attached hydrogen (secondary N) is 1. The Morgan fingerprint density at radius 3 is 2.32 bits per heavy atom. The molecule has 1 amide bonds. The smallest absolute Gasteiger partial charge is 0.235 e. The van der Waals surface area contributed by atoms with Crippen LogP contribution in [0.2, 0.25) is 0 Å². The lowest BCUT2D eigenvalue weighted by atomic mass is 9.78. The molecular weight excluding hydrogens is 290 g/mol. The second-order valence-electron chi connectivity index (χ2n) is 5.81. The van der Waals surface area contributed by atoms with Crippen molar-refractivity contribution in [3.8, 4) is 0 Å². The monoisotopic (exact) mass is 311 g/mol. The first kappa shape index (κ1) is 15.2. The minimum absolute atomic E-state index is 0.137. The highest BCUT2D eigenvalue weighted by molar-refractivity contribution is 7.98. The number of anilines is 1. The molecule has 2 nitrogen and oxygen atoms in total. The van der Waals surface area contributed by atoms with Crippen molar-refractivity contribution in [2.45, 2.75) is 36.0 Å². The predicted molar refractivity (Wildman–Crippen MR) is 93.4 cm³/mol. The topological polar surface area (TPSA) is 29.1 Å². The third kappa shape index (κ3) is 2.78. The lowest BCUT2D eigenvalue weighted by molar-refractivity contribution is -0.121. The van der Waals surface area contributed by atoms with E-state index in [1.54, 1.807) is 11.8 Å². The van der Waals surface area contributed by atoms with Crippen LogP contribution in [0.4, 0.5) is 5.69 Å². The van der Waals surface area contributed by atoms with Crippen LogP contribution < -0.4 is 5.32 Å². The van der Waals surface area contributed by atoms with Gasteiger partial charge in [-0.2, -0.15) is 0 Å². The number of amides is 1. The number of thioether (sulfide) groups is 1. The first-order chi connectivity index (χ1) is 10.8. The van der Waals surface area contributed by atoms with Crippen molar-refractivity contribution in [2.24, 2.45) is 0 Å². The Bertz CT molecular complexity index is 647. The summed E-state index contributed by atoms with van der Waals surface area (Å²) in [6.07, 6.45) is 6.14. The Hall–Kier alpha value is -1.74. The molecule has 0 aromatic heterocycles. The zero-order chi connectivity index (χ0) is 15.4. The molecule has 1 aliphatic rings. The third-order valence-electron chi connectivity index (χ3n) is 4.57. The van der Waals surface area contributed by atoms with E-state index in [2.05, 4.69) is 17.4 Å². The highest BCUT2D eigenvalue weighted by Crippen LogP contribution is 2.42. The Labute approximate surface area is 136 Å². The fourth-order valence-electron chi connectivity index (χ4n) is 3.37. The second kappa shape index (κ2) is 6.57. The maximum Gasteiger partial charge on any atom is 0.235 e. The van der Waals surface area contributed by atoms with Gasteiger partial charge in [0.15, 0.2) is 0 Å². The molecule has 1 fully saturated rings. The molecule has 0 atom stereocenters. The van der Waals surface area contributed by atoms with Gasteiger partial charge in [0.1, 0.15) is 0 Å². The van der Waals surface area contributed by atoms with Gasteiger partial charge in [-0.3, -0.25) is 4.79 Å². The summed E-state index contributed by atoms with van der Waals surface area (Å²) in [5, 5.41) is 3.18. The van der Waals surface area contributed by atoms with Crippen LogP contribution >= 0.6 is 11.8 Å². The van der Waals surface area contributed by atoms with E-state index < -0.39 is 0 Å². The molecule has 2 aromatic rings. The molecule has 1 saturated carbocycles. The Morgan fingerprint density at radius 2 is 1.64 bits per heavy atom. The highest BCUT2D eigenvalue weighted by Gasteiger charge is 2.42. The Morgan fingerprint density at radius 1 is 1.00 bits per heavy atom. The average molecular weight is 311 g/mol. The van der Waals surface area contributed by atoms with Crippen LogP contribution in [-0.2, 0) is 10.2 Å². The van der Waals surface area contributed by atoms with Gasteiger partial charge in [-0.05, 0) is 36.8 Å². The number of hydrogen-bond donors (Lipinski definition) is 1. The normalized spacial score (nSPS) is 16.4. The molecule has 3 heteroatoms. The lowest BCUT2D eigenvalue weighted by Gasteiger charge is -2.28. The van der Waals surface area contributed by atoms with E-state index in [0.717, 1.165) is 41.8 Å². The fourth-order valence-corrected chi connectivity index (χ4v) is 3.93. The van der Waals surface area contributed by atoms with E-state index in [1.165, 1.54) is 0 Å². The molecule has 0 unspecified atom stereocenters. The fraction of sp³-hybridized carbons (Fsp3) is 0.316. The van der Waals surface area contributed by atoms with Gasteiger partial charge in [0.05, 0.1) is 11.1 Å². The maximum atomic E-state index is 13.1. The van der Waals surface area contributed by atoms with Gasteiger partial charge in [-0.15, -0.1) is 11.8 Å². The van der Waals surface area contributed by atoms with Gasteiger partial charge in [-0.25, -0.2) is 0 Å². The second-order valence-corrected chi connectivity index (χ2v) is 6.66. The molecule has 114 valence electrons. The number of rotatable bonds is 4. The summed E-state index contributed by atoms with van der Waals surface area (Å²) in [6.45, 7) is 0. The molecule has 0 saturated heterocycles. The summed E-state index contributed by atoms with van der Waals surface area (Å²) in [5.74, 6) is 0.137. The number of hydrogen-bond acceptors (Lipinski definition) is 2. The van der Waals surface area contributed by atoms with Crippen LogP contribution in [0, 0.1) is 0 Å². The molecule has 0 radical (unpaired) electrons. The molecule has 0 heterocycles. The van der Waals surface area contributed by atoms with E-state index in [9.17, 15) is 4.79 Å². The highest BCUT2D eigenvalue weighted by atomic mass is 32.2. The van der Waals surface area contributed by atoms with E-state index in [-0.39, 0.29) is 11.3 Å². The molecule has 0 spiro atoms. The zero-order valence-electron chi connectivity index (χ0n) is 12.8. The van der Waals surface area contributed by atoms with Crippen molar-refractivity contribution in [3.05, 3.63) is 60.2 Å². The van der Waals surface area contributed by atoms with E-state index in [4.69, 9.17) is 0 Å². The van der Waals surface area contributed by atoms with Crippen LogP contribution in [0.15, 0.2) is 59.5 Å². The van der Waals surface area contributed by atoms with Crippen LogP contribution in [0.1, 0.15) is 31.2 Å². The molecular formula is C19H21NOS. The molecule has 22 heavy (non-hydrogen) atoms. The first-order valence-corrected chi connectivity index (χ1v) is 8.99. The van der Waals surface area contributed by atoms with Crippen LogP contribution in [0.5, 0.6) is 0 Å². The lowest BCUT2D eigenvalue weighted by Crippen LogP contribution is -2.38. The van der Waals surface area contributed by atoms with Crippen molar-refractivity contribution < 1.29 is 4.79 Å². The summed E-state index contributed by atoms with van der Waals surface area (Å²) in [7, 11) is 0. The largest absolute Gasteiger partial charge is 0.324 e. The van der Waals surface area contributed by atoms with Gasteiger partial charge in [0.25, 0.3) is 0 Å². The van der Waals surface area contributed by atoms with Crippen molar-refractivity contribution in [1.29, 1.82) is 0 Å². The standard InChI is InChI=1S/C19H21NOS/c1-22-17-12-6-5-11-16(17)20-18(21)19(13-7-8-14-19)15-9-3-2-4-10-15/h2-6,9-12H,7-8,13-14H2,1H3,(H,20,21). The zero-order valence-corrected chi connectivity index (χ0v) is 13.7. The SMILES string of the molecule is CSc1ccccc1NC(=O)C1(c2ccccc2)CCCC1. The van der Waals surface area contributed by atoms with Crippen molar-refractivity contribution in [3.63, 3.8) is 0 Å². The van der Waals surface area contributed by atoms with Crippen molar-refractivity contribution in [1.82, 2.24) is 0 Å². The molecule has 3 rings (SSSR count). The predicted octanol–water partition coefficient (Wildman–Crippen LogP) is 4.86. The van der Waals surface area contributed by atoms with Gasteiger partial charge in [0, 0.05) is 4.90 Å². The van der Waals surface area contributed by atoms with Crippen molar-refractivity contribution >= 4 is 23.4 Å². The number of para-hydroxylation sites is 1. The molecule has 1 N–H and O–H groups in total. The van der Waals surface area contributed by atoms with E-state index in [0.29, 0.717) is 0 Å². The third-order valence-corrected chi connectivity index (χ3v) is 5.37. The Balaban J connectivity index is 1.91. The number of carbonyl (C=O) groups excluding carboxylic acids is 1. The molecule has 2 aromatic carbocycles. The maximum absolute atomic E-state index is 13.1. The minimum Gasteiger partial charge on any atom is -0.324 e. The molecule has 0 bridgehead atoms.